The van der Waals surface area contributed by atoms with Gasteiger partial charge in [-0.1, -0.05) is 0 Å². The number of hydrogen-bond donors (Lipinski definition) is 0. The molecule has 0 unspecified atom stereocenters. The SMILES string of the molecule is C[N+](C)(C)C(=O)CCl. The fraction of sp³-hybridized carbons (Fsp3) is 0.800. The molecule has 0 heterocycles. The van der Waals surface area contributed by atoms with Gasteiger partial charge in [0.1, 0.15) is 5.88 Å². The zero-order chi connectivity index (χ0) is 6.78. The average molecular weight is 137 g/mol. The van der Waals surface area contributed by atoms with E-state index in [9.17, 15) is 4.79 Å². The number of halogens is 1. The number of hydrogen-bond acceptors (Lipinski definition) is 1. The van der Waals surface area contributed by atoms with Crippen LogP contribution in [0.1, 0.15) is 0 Å². The Balaban J connectivity index is 3.82. The molecule has 0 aromatic rings. The third-order valence-electron chi connectivity index (χ3n) is 0.863. The minimum atomic E-state index is 0.0340. The molecule has 0 N–H and O–H groups in total. The summed E-state index contributed by atoms with van der Waals surface area (Å²) in [6.45, 7) is 0. The highest BCUT2D eigenvalue weighted by molar-refractivity contribution is 6.26. The largest absolute Gasteiger partial charge is 0.327 e. The van der Waals surface area contributed by atoms with Crippen molar-refractivity contribution in [3.05, 3.63) is 0 Å². The summed E-state index contributed by atoms with van der Waals surface area (Å²) in [6, 6.07) is 0. The second-order valence-corrected chi connectivity index (χ2v) is 2.81. The molecular formula is C5H11ClNO+. The summed E-state index contributed by atoms with van der Waals surface area (Å²) in [6.07, 6.45) is 0. The fourth-order valence-electron chi connectivity index (χ4n) is 0.179. The molecule has 0 saturated heterocycles. The number of carbonyl (C=O) groups is 1. The van der Waals surface area contributed by atoms with Gasteiger partial charge in [0, 0.05) is 0 Å². The molecule has 0 aromatic carbocycles. The van der Waals surface area contributed by atoms with Crippen molar-refractivity contribution in [2.24, 2.45) is 0 Å². The zero-order valence-electron chi connectivity index (χ0n) is 5.44. The molecule has 0 saturated carbocycles. The van der Waals surface area contributed by atoms with Crippen molar-refractivity contribution in [3.8, 4) is 0 Å². The summed E-state index contributed by atoms with van der Waals surface area (Å²) in [7, 11) is 5.39. The van der Waals surface area contributed by atoms with Crippen molar-refractivity contribution in [1.82, 2.24) is 0 Å². The Morgan fingerprint density at radius 1 is 1.50 bits per heavy atom. The number of alkyl halides is 1. The van der Waals surface area contributed by atoms with E-state index >= 15 is 0 Å². The first-order valence-electron chi connectivity index (χ1n) is 2.39. The van der Waals surface area contributed by atoms with Gasteiger partial charge in [-0.15, -0.1) is 11.6 Å². The molecule has 0 spiro atoms. The maximum Gasteiger partial charge on any atom is 0.327 e. The van der Waals surface area contributed by atoms with Crippen LogP contribution >= 0.6 is 11.6 Å². The molecule has 0 aliphatic rings. The Kier molecular flexibility index (Phi) is 2.44. The van der Waals surface area contributed by atoms with Crippen molar-refractivity contribution < 1.29 is 9.28 Å². The zero-order valence-corrected chi connectivity index (χ0v) is 6.20. The Morgan fingerprint density at radius 3 is 1.88 bits per heavy atom. The standard InChI is InChI=1S/C5H11ClNO/c1-7(2,3)5(8)4-6/h4H2,1-3H3/q+1. The van der Waals surface area contributed by atoms with Gasteiger partial charge in [0.2, 0.25) is 0 Å². The molecule has 0 aromatic heterocycles. The highest BCUT2D eigenvalue weighted by Crippen LogP contribution is 1.92. The monoisotopic (exact) mass is 136 g/mol. The molecule has 3 heteroatoms. The van der Waals surface area contributed by atoms with Crippen LogP contribution in [0, 0.1) is 0 Å². The van der Waals surface area contributed by atoms with E-state index in [-0.39, 0.29) is 11.8 Å². The molecule has 0 bridgehead atoms. The lowest BCUT2D eigenvalue weighted by molar-refractivity contribution is -0.791. The van der Waals surface area contributed by atoms with Crippen LogP contribution in [0.15, 0.2) is 0 Å². The predicted octanol–water partition coefficient (Wildman–Crippen LogP) is 0.458. The van der Waals surface area contributed by atoms with Crippen LogP contribution < -0.4 is 0 Å². The van der Waals surface area contributed by atoms with E-state index in [4.69, 9.17) is 11.6 Å². The fourth-order valence-corrected chi connectivity index (χ4v) is 0.538. The highest BCUT2D eigenvalue weighted by atomic mass is 35.5. The lowest BCUT2D eigenvalue weighted by atomic mass is 10.5. The van der Waals surface area contributed by atoms with Gasteiger partial charge < -0.3 is 0 Å². The van der Waals surface area contributed by atoms with Crippen molar-refractivity contribution in [2.45, 2.75) is 0 Å². The highest BCUT2D eigenvalue weighted by Gasteiger charge is 2.17. The molecule has 1 amide bonds. The number of nitrogens with zero attached hydrogens (tertiary/aromatic N) is 1. The van der Waals surface area contributed by atoms with E-state index in [1.54, 1.807) is 21.1 Å². The van der Waals surface area contributed by atoms with E-state index < -0.39 is 0 Å². The number of rotatable bonds is 1. The Labute approximate surface area is 54.6 Å². The van der Waals surface area contributed by atoms with Crippen LogP contribution in [0.5, 0.6) is 0 Å². The second-order valence-electron chi connectivity index (χ2n) is 2.54. The minimum Gasteiger partial charge on any atom is -0.267 e. The molecule has 0 aliphatic heterocycles. The lowest BCUT2D eigenvalue weighted by Crippen LogP contribution is -2.41. The quantitative estimate of drug-likeness (QED) is 0.378. The van der Waals surface area contributed by atoms with Gasteiger partial charge in [-0.05, 0) is 0 Å². The Morgan fingerprint density at radius 2 is 1.88 bits per heavy atom. The third kappa shape index (κ3) is 2.28. The Bertz CT molecular complexity index is 95.1. The Hall–Kier alpha value is -0.0800. The number of amides is 1. The summed E-state index contributed by atoms with van der Waals surface area (Å²) in [5.74, 6) is 0.135. The van der Waals surface area contributed by atoms with Gasteiger partial charge in [0.05, 0.1) is 21.1 Å². The van der Waals surface area contributed by atoms with Gasteiger partial charge >= 0.3 is 5.91 Å². The van der Waals surface area contributed by atoms with Crippen molar-refractivity contribution >= 4 is 17.5 Å². The van der Waals surface area contributed by atoms with E-state index in [0.29, 0.717) is 4.48 Å². The van der Waals surface area contributed by atoms with E-state index in [1.165, 1.54) is 0 Å². The minimum absolute atomic E-state index is 0.0340. The normalized spacial score (nSPS) is 11.5. The summed E-state index contributed by atoms with van der Waals surface area (Å²) >= 11 is 5.27. The molecule has 0 rings (SSSR count). The van der Waals surface area contributed by atoms with Gasteiger partial charge in [-0.2, -0.15) is 0 Å². The van der Waals surface area contributed by atoms with E-state index in [1.807, 2.05) is 0 Å². The van der Waals surface area contributed by atoms with Crippen LogP contribution in [-0.2, 0) is 4.79 Å². The van der Waals surface area contributed by atoms with Crippen LogP contribution in [0.3, 0.4) is 0 Å². The molecule has 2 nitrogen and oxygen atoms in total. The van der Waals surface area contributed by atoms with Gasteiger partial charge in [0.15, 0.2) is 0 Å². The molecule has 8 heavy (non-hydrogen) atoms. The first-order chi connectivity index (χ1) is 3.48. The molecule has 0 fully saturated rings. The topological polar surface area (TPSA) is 17.1 Å². The van der Waals surface area contributed by atoms with Crippen molar-refractivity contribution in [2.75, 3.05) is 27.0 Å². The van der Waals surface area contributed by atoms with Crippen molar-refractivity contribution in [3.63, 3.8) is 0 Å². The predicted molar refractivity (Wildman–Crippen MR) is 33.8 cm³/mol. The smallest absolute Gasteiger partial charge is 0.267 e. The first-order valence-corrected chi connectivity index (χ1v) is 2.92. The molecule has 48 valence electrons. The van der Waals surface area contributed by atoms with Gasteiger partial charge in [-0.3, -0.25) is 4.48 Å². The molecule has 0 radical (unpaired) electrons. The van der Waals surface area contributed by atoms with Crippen LogP contribution in [0.4, 0.5) is 0 Å². The maximum absolute atomic E-state index is 10.7. The second kappa shape index (κ2) is 2.46. The van der Waals surface area contributed by atoms with Crippen LogP contribution in [0.25, 0.3) is 0 Å². The lowest BCUT2D eigenvalue weighted by Gasteiger charge is -2.18. The van der Waals surface area contributed by atoms with E-state index in [2.05, 4.69) is 0 Å². The van der Waals surface area contributed by atoms with Gasteiger partial charge in [0.25, 0.3) is 0 Å². The maximum atomic E-state index is 10.7. The van der Waals surface area contributed by atoms with Crippen LogP contribution in [0.2, 0.25) is 0 Å². The summed E-state index contributed by atoms with van der Waals surface area (Å²) in [5, 5.41) is 0. The molecule has 0 atom stereocenters. The molecule has 0 aliphatic carbocycles. The van der Waals surface area contributed by atoms with Crippen LogP contribution in [-0.4, -0.2) is 37.4 Å². The third-order valence-corrected chi connectivity index (χ3v) is 1.09. The average Bonchev–Trinajstić information content (AvgIpc) is 1.62. The molecular weight excluding hydrogens is 126 g/mol. The van der Waals surface area contributed by atoms with E-state index in [0.717, 1.165) is 0 Å². The summed E-state index contributed by atoms with van der Waals surface area (Å²) < 4.78 is 0.309. The number of quaternary nitrogens is 1. The van der Waals surface area contributed by atoms with Crippen molar-refractivity contribution in [1.29, 1.82) is 0 Å². The van der Waals surface area contributed by atoms with Gasteiger partial charge in [-0.25, -0.2) is 4.79 Å². The summed E-state index contributed by atoms with van der Waals surface area (Å²) in [5.41, 5.74) is 0. The summed E-state index contributed by atoms with van der Waals surface area (Å²) in [4.78, 5) is 10.7. The first kappa shape index (κ1) is 7.92. The number of carbonyl (C=O) groups excluding carboxylic acids is 1.